The molecule has 28 heavy (non-hydrogen) atoms. The smallest absolute Gasteiger partial charge is 0.326 e. The van der Waals surface area contributed by atoms with Crippen molar-refractivity contribution in [2.75, 3.05) is 0 Å². The number of carboxylic acid groups (broad SMARTS) is 1. The van der Waals surface area contributed by atoms with Crippen LogP contribution in [0.5, 0.6) is 0 Å². The largest absolute Gasteiger partial charge is 0.480 e. The van der Waals surface area contributed by atoms with Crippen molar-refractivity contribution >= 4 is 22.9 Å². The lowest BCUT2D eigenvalue weighted by Gasteiger charge is -2.18. The molecule has 1 aromatic carbocycles. The highest BCUT2D eigenvalue weighted by Gasteiger charge is 2.26. The minimum atomic E-state index is -1.06. The number of aliphatic carboxylic acids is 1. The molecule has 0 aliphatic carbocycles. The summed E-state index contributed by atoms with van der Waals surface area (Å²) in [5, 5.41) is 17.0. The normalized spacial score (nSPS) is 12.5. The minimum Gasteiger partial charge on any atom is -0.480 e. The van der Waals surface area contributed by atoms with Crippen LogP contribution < -0.4 is 5.32 Å². The Labute approximate surface area is 163 Å². The Kier molecular flexibility index (Phi) is 5.44. The summed E-state index contributed by atoms with van der Waals surface area (Å²) in [6.45, 7) is 7.49. The molecule has 0 spiro atoms. The summed E-state index contributed by atoms with van der Waals surface area (Å²) >= 11 is 0. The van der Waals surface area contributed by atoms with Crippen LogP contribution in [-0.4, -0.2) is 37.8 Å². The van der Waals surface area contributed by atoms with Crippen LogP contribution in [0.15, 0.2) is 42.6 Å². The van der Waals surface area contributed by atoms with Crippen molar-refractivity contribution in [3.8, 4) is 11.3 Å². The number of fused-ring (bicyclic) bond motifs is 1. The van der Waals surface area contributed by atoms with E-state index in [1.807, 2.05) is 44.2 Å². The highest BCUT2D eigenvalue weighted by atomic mass is 16.4. The van der Waals surface area contributed by atoms with Crippen molar-refractivity contribution in [2.24, 2.45) is 5.92 Å². The van der Waals surface area contributed by atoms with E-state index in [4.69, 9.17) is 4.98 Å². The molecule has 3 aromatic rings. The standard InChI is InChI=1S/C21H24N4O3/c1-12(2)18(21(27)28)24-20(26)15-10-17(14-8-6-5-7-9-14)23-19-16(15)11-22-25(19)13(3)4/h5-13,18H,1-4H3,(H,24,26)(H,27,28). The first-order chi connectivity index (χ1) is 13.3. The molecule has 0 radical (unpaired) electrons. The average Bonchev–Trinajstić information content (AvgIpc) is 3.09. The Morgan fingerprint density at radius 3 is 2.36 bits per heavy atom. The third-order valence-corrected chi connectivity index (χ3v) is 4.59. The number of amides is 1. The van der Waals surface area contributed by atoms with E-state index in [-0.39, 0.29) is 12.0 Å². The van der Waals surface area contributed by atoms with E-state index < -0.39 is 17.9 Å². The first-order valence-corrected chi connectivity index (χ1v) is 9.27. The zero-order chi connectivity index (χ0) is 20.4. The number of nitrogens with zero attached hydrogens (tertiary/aromatic N) is 3. The minimum absolute atomic E-state index is 0.0642. The van der Waals surface area contributed by atoms with Crippen molar-refractivity contribution in [3.05, 3.63) is 48.2 Å². The molecule has 146 valence electrons. The summed E-state index contributed by atoms with van der Waals surface area (Å²) in [5.41, 5.74) is 2.46. The number of benzene rings is 1. The average molecular weight is 380 g/mol. The van der Waals surface area contributed by atoms with Gasteiger partial charge in [0.2, 0.25) is 0 Å². The molecular weight excluding hydrogens is 356 g/mol. The van der Waals surface area contributed by atoms with E-state index in [9.17, 15) is 14.7 Å². The molecule has 1 atom stereocenters. The summed E-state index contributed by atoms with van der Waals surface area (Å²) in [5.74, 6) is -1.76. The second-order valence-electron chi connectivity index (χ2n) is 7.37. The molecule has 1 unspecified atom stereocenters. The van der Waals surface area contributed by atoms with Gasteiger partial charge in [0.15, 0.2) is 5.65 Å². The van der Waals surface area contributed by atoms with Gasteiger partial charge in [-0.05, 0) is 25.8 Å². The molecule has 3 rings (SSSR count). The number of nitrogens with one attached hydrogen (secondary N) is 1. The molecule has 2 aromatic heterocycles. The molecule has 7 heteroatoms. The van der Waals surface area contributed by atoms with Gasteiger partial charge in [0, 0.05) is 11.6 Å². The predicted octanol–water partition coefficient (Wildman–Crippen LogP) is 3.52. The zero-order valence-electron chi connectivity index (χ0n) is 16.4. The van der Waals surface area contributed by atoms with Crippen molar-refractivity contribution in [2.45, 2.75) is 39.8 Å². The monoisotopic (exact) mass is 380 g/mol. The summed E-state index contributed by atoms with van der Waals surface area (Å²) in [7, 11) is 0. The quantitative estimate of drug-likeness (QED) is 0.682. The van der Waals surface area contributed by atoms with Crippen LogP contribution in [0.1, 0.15) is 44.1 Å². The van der Waals surface area contributed by atoms with Crippen molar-refractivity contribution in [1.29, 1.82) is 0 Å². The summed E-state index contributed by atoms with van der Waals surface area (Å²) < 4.78 is 1.76. The van der Waals surface area contributed by atoms with Gasteiger partial charge in [-0.15, -0.1) is 0 Å². The van der Waals surface area contributed by atoms with Gasteiger partial charge < -0.3 is 10.4 Å². The topological polar surface area (TPSA) is 97.1 Å². The predicted molar refractivity (Wildman–Crippen MR) is 107 cm³/mol. The first kappa shape index (κ1) is 19.5. The van der Waals surface area contributed by atoms with Gasteiger partial charge in [0.05, 0.1) is 22.8 Å². The Hall–Kier alpha value is -3.22. The Morgan fingerprint density at radius 1 is 1.11 bits per heavy atom. The number of hydrogen-bond acceptors (Lipinski definition) is 4. The second kappa shape index (κ2) is 7.80. The van der Waals surface area contributed by atoms with Gasteiger partial charge in [-0.2, -0.15) is 5.10 Å². The SMILES string of the molecule is CC(C)C(NC(=O)c1cc(-c2ccccc2)nc2c1cnn2C(C)C)C(=O)O. The third-order valence-electron chi connectivity index (χ3n) is 4.59. The van der Waals surface area contributed by atoms with Gasteiger partial charge in [0.1, 0.15) is 6.04 Å². The number of carbonyl (C=O) groups excluding carboxylic acids is 1. The maximum atomic E-state index is 13.0. The fourth-order valence-corrected chi connectivity index (χ4v) is 3.07. The summed E-state index contributed by atoms with van der Waals surface area (Å²) in [6, 6.07) is 10.3. The maximum absolute atomic E-state index is 13.0. The van der Waals surface area contributed by atoms with Crippen molar-refractivity contribution in [1.82, 2.24) is 20.1 Å². The molecule has 0 bridgehead atoms. The molecule has 2 N–H and O–H groups in total. The highest BCUT2D eigenvalue weighted by molar-refractivity contribution is 6.07. The number of carboxylic acids is 1. The number of aromatic nitrogens is 3. The fourth-order valence-electron chi connectivity index (χ4n) is 3.07. The highest BCUT2D eigenvalue weighted by Crippen LogP contribution is 2.26. The van der Waals surface area contributed by atoms with Crippen LogP contribution in [0.3, 0.4) is 0 Å². The van der Waals surface area contributed by atoms with Crippen molar-refractivity contribution in [3.63, 3.8) is 0 Å². The molecule has 1 amide bonds. The zero-order valence-corrected chi connectivity index (χ0v) is 16.4. The number of carbonyl (C=O) groups is 2. The molecule has 7 nitrogen and oxygen atoms in total. The van der Waals surface area contributed by atoms with Gasteiger partial charge in [-0.1, -0.05) is 44.2 Å². The molecular formula is C21H24N4O3. The van der Waals surface area contributed by atoms with Crippen LogP contribution in [0.2, 0.25) is 0 Å². The van der Waals surface area contributed by atoms with Crippen LogP contribution in [0, 0.1) is 5.92 Å². The molecule has 2 heterocycles. The second-order valence-corrected chi connectivity index (χ2v) is 7.37. The Balaban J connectivity index is 2.15. The molecule has 0 aliphatic heterocycles. The maximum Gasteiger partial charge on any atom is 0.326 e. The number of rotatable bonds is 6. The lowest BCUT2D eigenvalue weighted by atomic mass is 10.0. The van der Waals surface area contributed by atoms with Crippen LogP contribution in [0.25, 0.3) is 22.3 Å². The van der Waals surface area contributed by atoms with E-state index in [1.54, 1.807) is 30.8 Å². The van der Waals surface area contributed by atoms with Gasteiger partial charge in [0.25, 0.3) is 5.91 Å². The lowest BCUT2D eigenvalue weighted by molar-refractivity contribution is -0.140. The van der Waals surface area contributed by atoms with E-state index in [2.05, 4.69) is 10.4 Å². The Bertz CT molecular complexity index is 1010. The van der Waals surface area contributed by atoms with Crippen LogP contribution in [-0.2, 0) is 4.79 Å². The molecule has 0 aliphatic rings. The molecule has 0 saturated carbocycles. The summed E-state index contributed by atoms with van der Waals surface area (Å²) in [6.07, 6.45) is 1.61. The molecule has 0 fully saturated rings. The number of hydrogen-bond donors (Lipinski definition) is 2. The Morgan fingerprint density at radius 2 is 1.79 bits per heavy atom. The van der Waals surface area contributed by atoms with Crippen LogP contribution in [0.4, 0.5) is 0 Å². The van der Waals surface area contributed by atoms with E-state index in [1.165, 1.54) is 0 Å². The van der Waals surface area contributed by atoms with Crippen molar-refractivity contribution < 1.29 is 14.7 Å². The van der Waals surface area contributed by atoms with Crippen LogP contribution >= 0.6 is 0 Å². The number of pyridine rings is 1. The van der Waals surface area contributed by atoms with Gasteiger partial charge in [-0.25, -0.2) is 14.5 Å². The lowest BCUT2D eigenvalue weighted by Crippen LogP contribution is -2.44. The van der Waals surface area contributed by atoms with E-state index >= 15 is 0 Å². The van der Waals surface area contributed by atoms with Gasteiger partial charge >= 0.3 is 5.97 Å². The van der Waals surface area contributed by atoms with Gasteiger partial charge in [-0.3, -0.25) is 4.79 Å². The third kappa shape index (κ3) is 3.74. The molecule has 0 saturated heterocycles. The fraction of sp³-hybridized carbons (Fsp3) is 0.333. The first-order valence-electron chi connectivity index (χ1n) is 9.27. The van der Waals surface area contributed by atoms with E-state index in [0.29, 0.717) is 22.3 Å². The van der Waals surface area contributed by atoms with E-state index in [0.717, 1.165) is 5.56 Å². The summed E-state index contributed by atoms with van der Waals surface area (Å²) in [4.78, 5) is 29.2.